The van der Waals surface area contributed by atoms with Crippen molar-refractivity contribution in [3.63, 3.8) is 0 Å². The maximum Gasteiger partial charge on any atom is 0.159 e. The summed E-state index contributed by atoms with van der Waals surface area (Å²) in [7, 11) is 0.137. The van der Waals surface area contributed by atoms with Crippen LogP contribution >= 0.6 is 0 Å². The summed E-state index contributed by atoms with van der Waals surface area (Å²) in [4.78, 5) is 11.7. The molecule has 2 aromatic carbocycles. The SMILES string of the molecule is CC[Si](CC)CC.Cc1c(CC(C)N)cncc1-c1ccc2[nH]nc(-c3nc4c(F)cc(F)cc4[nH]3)c2c1. The number of nitrogens with two attached hydrogens (primary N) is 1. The number of hydrogen-bond acceptors (Lipinski definition) is 4. The molecule has 0 fully saturated rings. The number of hydrogen-bond donors (Lipinski definition) is 3. The highest BCUT2D eigenvalue weighted by Gasteiger charge is 2.17. The van der Waals surface area contributed by atoms with Crippen molar-refractivity contribution in [1.29, 1.82) is 0 Å². The first-order valence-electron chi connectivity index (χ1n) is 13.1. The van der Waals surface area contributed by atoms with Crippen LogP contribution in [-0.2, 0) is 6.42 Å². The van der Waals surface area contributed by atoms with Crippen molar-refractivity contribution < 1.29 is 8.78 Å². The molecule has 3 heterocycles. The molecule has 0 amide bonds. The number of fused-ring (bicyclic) bond motifs is 2. The monoisotopic (exact) mass is 533 g/mol. The minimum Gasteiger partial charge on any atom is -0.336 e. The van der Waals surface area contributed by atoms with Crippen molar-refractivity contribution in [3.8, 4) is 22.6 Å². The van der Waals surface area contributed by atoms with Crippen molar-refractivity contribution >= 4 is 30.7 Å². The zero-order valence-corrected chi connectivity index (χ0v) is 23.6. The largest absolute Gasteiger partial charge is 0.336 e. The van der Waals surface area contributed by atoms with Gasteiger partial charge >= 0.3 is 0 Å². The smallest absolute Gasteiger partial charge is 0.159 e. The highest BCUT2D eigenvalue weighted by Crippen LogP contribution is 2.32. The molecule has 0 bridgehead atoms. The lowest BCUT2D eigenvalue weighted by Crippen LogP contribution is -2.18. The van der Waals surface area contributed by atoms with Crippen LogP contribution < -0.4 is 5.73 Å². The van der Waals surface area contributed by atoms with E-state index < -0.39 is 11.6 Å². The predicted molar refractivity (Wildman–Crippen MR) is 154 cm³/mol. The normalized spacial score (nSPS) is 12.2. The van der Waals surface area contributed by atoms with Gasteiger partial charge in [0.05, 0.1) is 11.0 Å². The van der Waals surface area contributed by atoms with Crippen molar-refractivity contribution in [2.45, 2.75) is 65.2 Å². The van der Waals surface area contributed by atoms with Crippen LogP contribution in [0.15, 0.2) is 42.7 Å². The van der Waals surface area contributed by atoms with E-state index in [2.05, 4.69) is 52.8 Å². The number of nitrogens with zero attached hydrogens (tertiary/aromatic N) is 3. The van der Waals surface area contributed by atoms with Gasteiger partial charge in [0.25, 0.3) is 0 Å². The number of pyridine rings is 1. The van der Waals surface area contributed by atoms with Crippen LogP contribution in [0.5, 0.6) is 0 Å². The van der Waals surface area contributed by atoms with E-state index in [0.717, 1.165) is 45.6 Å². The second-order valence-electron chi connectivity index (χ2n) is 9.67. The number of halogens is 2. The molecule has 5 aromatic rings. The van der Waals surface area contributed by atoms with Crippen molar-refractivity contribution in [2.24, 2.45) is 5.73 Å². The molecule has 38 heavy (non-hydrogen) atoms. The van der Waals surface area contributed by atoms with Gasteiger partial charge in [-0.3, -0.25) is 10.1 Å². The summed E-state index contributed by atoms with van der Waals surface area (Å²) in [5, 5.41) is 8.15. The molecule has 0 spiro atoms. The third kappa shape index (κ3) is 5.84. The Morgan fingerprint density at radius 2 is 1.74 bits per heavy atom. The average Bonchev–Trinajstić information content (AvgIpc) is 3.50. The summed E-state index contributed by atoms with van der Waals surface area (Å²) in [6, 6.07) is 12.4. The van der Waals surface area contributed by atoms with E-state index in [4.69, 9.17) is 5.73 Å². The Labute approximate surface area is 223 Å². The topological polar surface area (TPSA) is 96.3 Å². The molecule has 3 aromatic heterocycles. The Hall–Kier alpha value is -3.43. The van der Waals surface area contributed by atoms with Crippen LogP contribution in [0.3, 0.4) is 0 Å². The van der Waals surface area contributed by atoms with E-state index in [1.165, 1.54) is 24.2 Å². The summed E-state index contributed by atoms with van der Waals surface area (Å²) in [6.07, 6.45) is 4.43. The number of aromatic amines is 2. The molecule has 0 saturated heterocycles. The second-order valence-corrected chi connectivity index (χ2v) is 13.3. The highest BCUT2D eigenvalue weighted by molar-refractivity contribution is 6.58. The van der Waals surface area contributed by atoms with E-state index in [-0.39, 0.29) is 25.9 Å². The molecule has 1 unspecified atom stereocenters. The third-order valence-corrected chi connectivity index (χ3v) is 9.96. The van der Waals surface area contributed by atoms with Gasteiger partial charge in [-0.1, -0.05) is 45.0 Å². The lowest BCUT2D eigenvalue weighted by Gasteiger charge is -2.12. The first kappa shape index (κ1) is 27.6. The molecule has 5 rings (SSSR count). The van der Waals surface area contributed by atoms with Crippen LogP contribution in [0.2, 0.25) is 18.1 Å². The molecule has 1 atom stereocenters. The standard InChI is InChI=1S/C23H20F2N6.C6H15Si/c1-11(26)5-14-9-27-10-17(12(14)2)13-3-4-19-16(6-13)21(31-30-19)23-28-20-8-15(24)7-18(25)22(20)29-23;1-4-7(5-2)6-3/h3-4,6-11H,5,26H2,1-2H3,(H,28,29)(H,30,31);4-6H2,1-3H3. The Kier molecular flexibility index (Phi) is 8.68. The van der Waals surface area contributed by atoms with Gasteiger partial charge in [-0.05, 0) is 55.2 Å². The Bertz CT molecular complexity index is 1530. The van der Waals surface area contributed by atoms with E-state index in [9.17, 15) is 8.78 Å². The van der Waals surface area contributed by atoms with Gasteiger partial charge in [0.1, 0.15) is 17.0 Å². The minimum atomic E-state index is -0.717. The van der Waals surface area contributed by atoms with Gasteiger partial charge in [-0.15, -0.1) is 0 Å². The second kappa shape index (κ2) is 12.0. The Morgan fingerprint density at radius 1 is 1.00 bits per heavy atom. The van der Waals surface area contributed by atoms with Crippen LogP contribution in [0.4, 0.5) is 8.78 Å². The highest BCUT2D eigenvalue weighted by atomic mass is 28.3. The van der Waals surface area contributed by atoms with E-state index >= 15 is 0 Å². The zero-order chi connectivity index (χ0) is 27.4. The summed E-state index contributed by atoms with van der Waals surface area (Å²) >= 11 is 0. The quantitative estimate of drug-likeness (QED) is 0.193. The number of imidazole rings is 1. The first-order chi connectivity index (χ1) is 18.2. The summed E-state index contributed by atoms with van der Waals surface area (Å²) in [5.74, 6) is -1.02. The molecule has 9 heteroatoms. The number of rotatable bonds is 7. The minimum absolute atomic E-state index is 0.0389. The fourth-order valence-corrected chi connectivity index (χ4v) is 6.18. The number of benzene rings is 2. The molecule has 0 aliphatic rings. The van der Waals surface area contributed by atoms with Gasteiger partial charge in [0, 0.05) is 44.2 Å². The zero-order valence-electron chi connectivity index (χ0n) is 22.6. The molecule has 1 radical (unpaired) electrons. The van der Waals surface area contributed by atoms with E-state index in [0.29, 0.717) is 11.5 Å². The Balaban J connectivity index is 0.000000426. The first-order valence-corrected chi connectivity index (χ1v) is 15.2. The molecule has 0 aliphatic heterocycles. The summed E-state index contributed by atoms with van der Waals surface area (Å²) in [6.45, 7) is 11.0. The maximum atomic E-state index is 14.1. The summed E-state index contributed by atoms with van der Waals surface area (Å²) < 4.78 is 27.7. The van der Waals surface area contributed by atoms with Crippen molar-refractivity contribution in [2.75, 3.05) is 0 Å². The number of H-pyrrole nitrogens is 2. The third-order valence-electron chi connectivity index (χ3n) is 6.96. The van der Waals surface area contributed by atoms with Crippen LogP contribution in [0.1, 0.15) is 38.8 Å². The summed E-state index contributed by atoms with van der Waals surface area (Å²) in [5.41, 5.74) is 11.9. The van der Waals surface area contributed by atoms with Crippen LogP contribution in [-0.4, -0.2) is 40.0 Å². The molecule has 6 nitrogen and oxygen atoms in total. The number of nitrogens with one attached hydrogen (secondary N) is 2. The van der Waals surface area contributed by atoms with E-state index in [1.54, 1.807) is 0 Å². The molecular formula is C29H35F2N6Si. The average molecular weight is 534 g/mol. The molecule has 0 saturated carbocycles. The van der Waals surface area contributed by atoms with Crippen LogP contribution in [0.25, 0.3) is 44.6 Å². The fourth-order valence-electron chi connectivity index (χ4n) is 4.68. The lowest BCUT2D eigenvalue weighted by atomic mass is 9.95. The van der Waals surface area contributed by atoms with Gasteiger partial charge in [-0.25, -0.2) is 13.8 Å². The molecule has 0 aliphatic carbocycles. The van der Waals surface area contributed by atoms with Gasteiger partial charge in [0.15, 0.2) is 11.6 Å². The Morgan fingerprint density at radius 3 is 2.39 bits per heavy atom. The van der Waals surface area contributed by atoms with Crippen LogP contribution in [0, 0.1) is 18.6 Å². The fraction of sp³-hybridized carbons (Fsp3) is 0.345. The molecule has 4 N–H and O–H groups in total. The predicted octanol–water partition coefficient (Wildman–Crippen LogP) is 7.19. The van der Waals surface area contributed by atoms with Gasteiger partial charge in [0.2, 0.25) is 0 Å². The maximum absolute atomic E-state index is 14.1. The van der Waals surface area contributed by atoms with Gasteiger partial charge in [-0.2, -0.15) is 5.10 Å². The lowest BCUT2D eigenvalue weighted by molar-refractivity contribution is 0.590. The molecular weight excluding hydrogens is 498 g/mol. The molecule has 199 valence electrons. The van der Waals surface area contributed by atoms with E-state index in [1.807, 2.05) is 37.5 Å². The van der Waals surface area contributed by atoms with Gasteiger partial charge < -0.3 is 10.7 Å². The van der Waals surface area contributed by atoms with Crippen molar-refractivity contribution in [1.82, 2.24) is 25.1 Å². The number of aromatic nitrogens is 5. The van der Waals surface area contributed by atoms with Crippen molar-refractivity contribution in [3.05, 3.63) is 65.5 Å².